The first-order valence-corrected chi connectivity index (χ1v) is 10.1. The minimum Gasteiger partial charge on any atom is -0.337 e. The van der Waals surface area contributed by atoms with Gasteiger partial charge in [0.15, 0.2) is 0 Å². The smallest absolute Gasteiger partial charge is 0.267 e. The summed E-state index contributed by atoms with van der Waals surface area (Å²) in [6.07, 6.45) is 3.91. The Morgan fingerprint density at radius 2 is 2.11 bits per heavy atom. The molecule has 1 saturated heterocycles. The molecule has 1 atom stereocenters. The Hall–Kier alpha value is -2.54. The monoisotopic (exact) mass is 381 g/mol. The van der Waals surface area contributed by atoms with Gasteiger partial charge in [-0.3, -0.25) is 9.89 Å². The molecule has 0 unspecified atom stereocenters. The van der Waals surface area contributed by atoms with Gasteiger partial charge >= 0.3 is 0 Å². The molecule has 27 heavy (non-hydrogen) atoms. The van der Waals surface area contributed by atoms with Gasteiger partial charge < -0.3 is 4.90 Å². The van der Waals surface area contributed by atoms with Crippen LogP contribution in [0.15, 0.2) is 36.5 Å². The zero-order chi connectivity index (χ0) is 18.8. The van der Waals surface area contributed by atoms with Crippen LogP contribution in [-0.4, -0.2) is 43.7 Å². The van der Waals surface area contributed by atoms with E-state index in [1.54, 1.807) is 0 Å². The number of benzene rings is 1. The highest BCUT2D eigenvalue weighted by atomic mass is 32.1. The third-order valence-electron chi connectivity index (χ3n) is 5.12. The molecule has 1 aromatic carbocycles. The number of aromatic amines is 1. The highest BCUT2D eigenvalue weighted by Crippen LogP contribution is 2.34. The standard InChI is InChI=1S/C20H23N5OS/c1-13(2)17-19(27-24-23-17)20(26)25-10-6-9-15(12-25)18-16(11-21-22-18)14-7-4-3-5-8-14/h3-5,7-8,11,13,15H,6,9-10,12H2,1-2H3,(H,21,22)/t15-/m1/s1. The lowest BCUT2D eigenvalue weighted by Crippen LogP contribution is -2.39. The van der Waals surface area contributed by atoms with E-state index in [1.807, 2.05) is 43.1 Å². The van der Waals surface area contributed by atoms with E-state index in [0.717, 1.165) is 41.9 Å². The van der Waals surface area contributed by atoms with Crippen molar-refractivity contribution in [2.45, 2.75) is 38.5 Å². The Morgan fingerprint density at radius 1 is 1.30 bits per heavy atom. The number of carbonyl (C=O) groups is 1. The summed E-state index contributed by atoms with van der Waals surface area (Å²) >= 11 is 1.21. The Balaban J connectivity index is 1.57. The summed E-state index contributed by atoms with van der Waals surface area (Å²) in [5, 5.41) is 11.6. The Bertz CT molecular complexity index is 917. The quantitative estimate of drug-likeness (QED) is 0.739. The minimum atomic E-state index is 0.0548. The van der Waals surface area contributed by atoms with Gasteiger partial charge in [-0.05, 0) is 35.9 Å². The number of likely N-dealkylation sites (tertiary alicyclic amines) is 1. The fraction of sp³-hybridized carbons (Fsp3) is 0.400. The molecular weight excluding hydrogens is 358 g/mol. The second-order valence-corrected chi connectivity index (χ2v) is 8.05. The average Bonchev–Trinajstić information content (AvgIpc) is 3.38. The van der Waals surface area contributed by atoms with E-state index >= 15 is 0 Å². The molecule has 1 N–H and O–H groups in total. The third kappa shape index (κ3) is 3.51. The molecule has 2 aromatic heterocycles. The fourth-order valence-electron chi connectivity index (χ4n) is 3.72. The second-order valence-electron chi connectivity index (χ2n) is 7.30. The summed E-state index contributed by atoms with van der Waals surface area (Å²) in [7, 11) is 0. The number of amides is 1. The lowest BCUT2D eigenvalue weighted by molar-refractivity contribution is 0.0709. The van der Waals surface area contributed by atoms with E-state index in [1.165, 1.54) is 11.5 Å². The van der Waals surface area contributed by atoms with Crippen molar-refractivity contribution in [3.63, 3.8) is 0 Å². The molecule has 0 aliphatic carbocycles. The lowest BCUT2D eigenvalue weighted by atomic mass is 9.90. The molecule has 6 nitrogen and oxygen atoms in total. The number of aromatic nitrogens is 4. The summed E-state index contributed by atoms with van der Waals surface area (Å²) in [5.41, 5.74) is 4.19. The minimum absolute atomic E-state index is 0.0548. The highest BCUT2D eigenvalue weighted by Gasteiger charge is 2.30. The second kappa shape index (κ2) is 7.60. The summed E-state index contributed by atoms with van der Waals surface area (Å²) in [6, 6.07) is 10.3. The van der Waals surface area contributed by atoms with Crippen LogP contribution < -0.4 is 0 Å². The van der Waals surface area contributed by atoms with Crippen molar-refractivity contribution in [3.8, 4) is 11.1 Å². The zero-order valence-corrected chi connectivity index (χ0v) is 16.4. The van der Waals surface area contributed by atoms with Crippen molar-refractivity contribution in [1.82, 2.24) is 24.7 Å². The van der Waals surface area contributed by atoms with E-state index < -0.39 is 0 Å². The van der Waals surface area contributed by atoms with Gasteiger partial charge in [0.25, 0.3) is 5.91 Å². The summed E-state index contributed by atoms with van der Waals surface area (Å²) < 4.78 is 4.01. The first-order chi connectivity index (χ1) is 13.1. The fourth-order valence-corrected chi connectivity index (χ4v) is 4.51. The largest absolute Gasteiger partial charge is 0.337 e. The first-order valence-electron chi connectivity index (χ1n) is 9.35. The molecule has 0 radical (unpaired) electrons. The van der Waals surface area contributed by atoms with Crippen LogP contribution in [0.1, 0.15) is 59.6 Å². The molecule has 1 aliphatic heterocycles. The highest BCUT2D eigenvalue weighted by molar-refractivity contribution is 7.08. The van der Waals surface area contributed by atoms with Crippen molar-refractivity contribution >= 4 is 17.4 Å². The summed E-state index contributed by atoms with van der Waals surface area (Å²) in [5.74, 6) is 0.503. The van der Waals surface area contributed by atoms with Crippen LogP contribution >= 0.6 is 11.5 Å². The molecule has 1 aliphatic rings. The van der Waals surface area contributed by atoms with Gasteiger partial charge in [-0.2, -0.15) is 5.10 Å². The van der Waals surface area contributed by atoms with E-state index in [2.05, 4.69) is 31.9 Å². The van der Waals surface area contributed by atoms with Gasteiger partial charge in [0.05, 0.1) is 11.9 Å². The number of carbonyl (C=O) groups excluding carboxylic acids is 1. The molecule has 0 spiro atoms. The number of hydrogen-bond donors (Lipinski definition) is 1. The Morgan fingerprint density at radius 3 is 2.89 bits per heavy atom. The van der Waals surface area contributed by atoms with Crippen molar-refractivity contribution in [1.29, 1.82) is 0 Å². The van der Waals surface area contributed by atoms with E-state index in [9.17, 15) is 4.79 Å². The normalized spacial score (nSPS) is 17.4. The molecule has 7 heteroatoms. The molecule has 3 heterocycles. The molecule has 1 amide bonds. The Labute approximate surface area is 162 Å². The van der Waals surface area contributed by atoms with Crippen molar-refractivity contribution in [3.05, 3.63) is 52.8 Å². The summed E-state index contributed by atoms with van der Waals surface area (Å²) in [4.78, 5) is 15.7. The number of H-pyrrole nitrogens is 1. The number of hydrogen-bond acceptors (Lipinski definition) is 5. The van der Waals surface area contributed by atoms with Crippen LogP contribution in [0.4, 0.5) is 0 Å². The van der Waals surface area contributed by atoms with Crippen LogP contribution in [0.2, 0.25) is 0 Å². The molecule has 4 rings (SSSR count). The molecular formula is C20H23N5OS. The lowest BCUT2D eigenvalue weighted by Gasteiger charge is -2.32. The first kappa shape index (κ1) is 17.9. The maximum atomic E-state index is 13.1. The average molecular weight is 382 g/mol. The Kier molecular flexibility index (Phi) is 5.03. The predicted octanol–water partition coefficient (Wildman–Crippen LogP) is 4.07. The number of piperidine rings is 1. The van der Waals surface area contributed by atoms with Crippen LogP contribution in [0.3, 0.4) is 0 Å². The van der Waals surface area contributed by atoms with Crippen LogP contribution in [0, 0.1) is 0 Å². The number of nitrogens with one attached hydrogen (secondary N) is 1. The molecule has 0 bridgehead atoms. The van der Waals surface area contributed by atoms with Gasteiger partial charge in [-0.25, -0.2) is 0 Å². The molecule has 1 fully saturated rings. The van der Waals surface area contributed by atoms with Crippen LogP contribution in [0.25, 0.3) is 11.1 Å². The van der Waals surface area contributed by atoms with Crippen LogP contribution in [-0.2, 0) is 0 Å². The van der Waals surface area contributed by atoms with Gasteiger partial charge in [-0.1, -0.05) is 48.7 Å². The predicted molar refractivity (Wildman–Crippen MR) is 106 cm³/mol. The topological polar surface area (TPSA) is 74.8 Å². The van der Waals surface area contributed by atoms with Crippen LogP contribution in [0.5, 0.6) is 0 Å². The van der Waals surface area contributed by atoms with Gasteiger partial charge in [0.1, 0.15) is 4.88 Å². The molecule has 140 valence electrons. The maximum Gasteiger partial charge on any atom is 0.267 e. The van der Waals surface area contributed by atoms with Gasteiger partial charge in [-0.15, -0.1) is 5.10 Å². The zero-order valence-electron chi connectivity index (χ0n) is 15.6. The third-order valence-corrected chi connectivity index (χ3v) is 5.85. The van der Waals surface area contributed by atoms with Gasteiger partial charge in [0, 0.05) is 30.3 Å². The number of nitrogens with zero attached hydrogens (tertiary/aromatic N) is 4. The van der Waals surface area contributed by atoms with E-state index in [-0.39, 0.29) is 17.7 Å². The maximum absolute atomic E-state index is 13.1. The van der Waals surface area contributed by atoms with Crippen molar-refractivity contribution < 1.29 is 4.79 Å². The SMILES string of the molecule is CC(C)c1nnsc1C(=O)N1CCC[C@@H](c2[nH]ncc2-c2ccccc2)C1. The van der Waals surface area contributed by atoms with E-state index in [4.69, 9.17) is 0 Å². The molecule has 3 aromatic rings. The summed E-state index contributed by atoms with van der Waals surface area (Å²) in [6.45, 7) is 5.56. The van der Waals surface area contributed by atoms with Crippen molar-refractivity contribution in [2.75, 3.05) is 13.1 Å². The van der Waals surface area contributed by atoms with Gasteiger partial charge in [0.2, 0.25) is 0 Å². The van der Waals surface area contributed by atoms with Crippen molar-refractivity contribution in [2.24, 2.45) is 0 Å². The number of rotatable bonds is 4. The molecule has 0 saturated carbocycles. The van der Waals surface area contributed by atoms with E-state index in [0.29, 0.717) is 11.4 Å².